The minimum Gasteiger partial charge on any atom is -0.342 e. The van der Waals surface area contributed by atoms with Crippen molar-refractivity contribution in [2.75, 3.05) is 18.5 Å². The van der Waals surface area contributed by atoms with Gasteiger partial charge < -0.3 is 9.47 Å². The third-order valence-corrected chi connectivity index (χ3v) is 6.13. The molecule has 1 aliphatic rings. The Morgan fingerprint density at radius 3 is 2.56 bits per heavy atom. The fourth-order valence-electron chi connectivity index (χ4n) is 2.67. The fraction of sp³-hybridized carbons (Fsp3) is 0.333. The third-order valence-electron chi connectivity index (χ3n) is 4.10. The first-order valence-corrected chi connectivity index (χ1v) is 10.6. The topological polar surface area (TPSA) is 61.8 Å². The molecule has 0 radical (unpaired) electrons. The molecule has 5 nitrogen and oxygen atoms in total. The first-order valence-electron chi connectivity index (χ1n) is 8.05. The van der Waals surface area contributed by atoms with Crippen molar-refractivity contribution in [3.63, 3.8) is 0 Å². The second-order valence-electron chi connectivity index (χ2n) is 6.11. The van der Waals surface area contributed by atoms with Crippen LogP contribution in [0.4, 0.5) is 8.78 Å². The molecule has 2 aromatic rings. The average Bonchev–Trinajstić information content (AvgIpc) is 3.05. The second kappa shape index (κ2) is 7.92. The van der Waals surface area contributed by atoms with Gasteiger partial charge in [-0.1, -0.05) is 33.6 Å². The van der Waals surface area contributed by atoms with E-state index in [0.717, 1.165) is 17.7 Å². The molecule has 2 atom stereocenters. The van der Waals surface area contributed by atoms with Crippen LogP contribution < -0.4 is 0 Å². The first kappa shape index (κ1) is 20.3. The number of aryl methyl sites for hydroxylation is 1. The van der Waals surface area contributed by atoms with E-state index in [9.17, 15) is 17.2 Å². The summed E-state index contributed by atoms with van der Waals surface area (Å²) < 4.78 is 68.2. The molecule has 0 aliphatic carbocycles. The number of rotatable bonds is 6. The highest BCUT2D eigenvalue weighted by Crippen LogP contribution is 2.37. The number of hydrogen-bond acceptors (Lipinski definition) is 5. The van der Waals surface area contributed by atoms with Gasteiger partial charge in [-0.15, -0.1) is 0 Å². The molecule has 1 aliphatic heterocycles. The highest BCUT2D eigenvalue weighted by molar-refractivity contribution is 9.09. The van der Waals surface area contributed by atoms with Gasteiger partial charge in [0.2, 0.25) is 5.79 Å². The predicted octanol–water partition coefficient (Wildman–Crippen LogP) is 3.64. The van der Waals surface area contributed by atoms with Crippen LogP contribution >= 0.6 is 15.9 Å². The molecular weight excluding hydrogens is 446 g/mol. The minimum atomic E-state index is -3.96. The van der Waals surface area contributed by atoms with Crippen LogP contribution in [0.3, 0.4) is 0 Å². The molecular formula is C18H17BrF2O5S. The summed E-state index contributed by atoms with van der Waals surface area (Å²) in [5, 5.41) is 0.0732. The van der Waals surface area contributed by atoms with Crippen molar-refractivity contribution in [3.8, 4) is 0 Å². The standard InChI is InChI=1S/C18H17BrF2O5S/c1-12-2-5-15(6-3-12)27(22,23)25-10-14-9-24-18(11-19,26-14)16-7-4-13(20)8-17(16)21/h2-8,14H,9-11H2,1H3/t14-,18+/m1/s1. The molecule has 146 valence electrons. The quantitative estimate of drug-likeness (QED) is 0.484. The summed E-state index contributed by atoms with van der Waals surface area (Å²) in [5.74, 6) is -3.02. The zero-order valence-corrected chi connectivity index (χ0v) is 16.7. The van der Waals surface area contributed by atoms with Gasteiger partial charge >= 0.3 is 0 Å². The van der Waals surface area contributed by atoms with Gasteiger partial charge in [0.25, 0.3) is 10.1 Å². The Bertz CT molecular complexity index is 920. The lowest BCUT2D eigenvalue weighted by atomic mass is 10.1. The molecule has 0 N–H and O–H groups in total. The number of hydrogen-bond donors (Lipinski definition) is 0. The Hall–Kier alpha value is -1.39. The van der Waals surface area contributed by atoms with Gasteiger partial charge in [0.1, 0.15) is 17.7 Å². The zero-order chi connectivity index (χ0) is 19.7. The summed E-state index contributed by atoms with van der Waals surface area (Å²) in [7, 11) is -3.96. The van der Waals surface area contributed by atoms with Gasteiger partial charge in [0.05, 0.1) is 23.4 Å². The van der Waals surface area contributed by atoms with Crippen LogP contribution in [0.25, 0.3) is 0 Å². The lowest BCUT2D eigenvalue weighted by Crippen LogP contribution is -2.32. The molecule has 0 unspecified atom stereocenters. The van der Waals surface area contributed by atoms with E-state index in [4.69, 9.17) is 13.7 Å². The summed E-state index contributed by atoms with van der Waals surface area (Å²) >= 11 is 3.21. The minimum absolute atomic E-state index is 0.00810. The Morgan fingerprint density at radius 2 is 1.93 bits per heavy atom. The molecule has 0 saturated carbocycles. The van der Waals surface area contributed by atoms with Crippen LogP contribution in [0.2, 0.25) is 0 Å². The molecule has 1 heterocycles. The van der Waals surface area contributed by atoms with Gasteiger partial charge in [0, 0.05) is 11.6 Å². The molecule has 0 bridgehead atoms. The zero-order valence-electron chi connectivity index (χ0n) is 14.3. The van der Waals surface area contributed by atoms with Gasteiger partial charge in [0.15, 0.2) is 0 Å². The molecule has 2 aromatic carbocycles. The highest BCUT2D eigenvalue weighted by Gasteiger charge is 2.44. The monoisotopic (exact) mass is 462 g/mol. The van der Waals surface area contributed by atoms with Gasteiger partial charge in [-0.25, -0.2) is 8.78 Å². The van der Waals surface area contributed by atoms with Gasteiger partial charge in [-0.3, -0.25) is 4.18 Å². The van der Waals surface area contributed by atoms with Crippen molar-refractivity contribution in [2.24, 2.45) is 0 Å². The van der Waals surface area contributed by atoms with Crippen LogP contribution in [0, 0.1) is 18.6 Å². The third kappa shape index (κ3) is 4.38. The van der Waals surface area contributed by atoms with Crippen LogP contribution in [-0.4, -0.2) is 33.1 Å². The summed E-state index contributed by atoms with van der Waals surface area (Å²) in [4.78, 5) is 0.0309. The SMILES string of the molecule is Cc1ccc(S(=O)(=O)OC[C@H]2CO[C@](CBr)(c3ccc(F)cc3F)O2)cc1. The molecule has 3 rings (SSSR count). The molecule has 27 heavy (non-hydrogen) atoms. The molecule has 9 heteroatoms. The Morgan fingerprint density at radius 1 is 1.22 bits per heavy atom. The predicted molar refractivity (Wildman–Crippen MR) is 97.0 cm³/mol. The molecule has 1 fully saturated rings. The Labute approximate surface area is 164 Å². The second-order valence-corrected chi connectivity index (χ2v) is 8.29. The molecule has 1 saturated heterocycles. The Kier molecular flexibility index (Phi) is 5.97. The van der Waals surface area contributed by atoms with Gasteiger partial charge in [-0.2, -0.15) is 8.42 Å². The average molecular weight is 463 g/mol. The van der Waals surface area contributed by atoms with Crippen LogP contribution in [0.1, 0.15) is 11.1 Å². The van der Waals surface area contributed by atoms with Crippen LogP contribution in [0.5, 0.6) is 0 Å². The van der Waals surface area contributed by atoms with Gasteiger partial charge in [-0.05, 0) is 31.2 Å². The maximum atomic E-state index is 14.1. The van der Waals surface area contributed by atoms with Crippen LogP contribution in [0.15, 0.2) is 47.4 Å². The van der Waals surface area contributed by atoms with Crippen molar-refractivity contribution in [3.05, 3.63) is 65.2 Å². The molecule has 0 aromatic heterocycles. The van der Waals surface area contributed by atoms with Crippen LogP contribution in [-0.2, 0) is 29.6 Å². The summed E-state index contributed by atoms with van der Waals surface area (Å²) in [6.45, 7) is 1.54. The van der Waals surface area contributed by atoms with Crippen molar-refractivity contribution in [1.82, 2.24) is 0 Å². The van der Waals surface area contributed by atoms with Crippen molar-refractivity contribution >= 4 is 26.0 Å². The highest BCUT2D eigenvalue weighted by atomic mass is 79.9. The van der Waals surface area contributed by atoms with E-state index >= 15 is 0 Å². The fourth-order valence-corrected chi connectivity index (χ4v) is 4.20. The maximum Gasteiger partial charge on any atom is 0.297 e. The summed E-state index contributed by atoms with van der Waals surface area (Å²) in [6, 6.07) is 9.30. The van der Waals surface area contributed by atoms with E-state index in [1.807, 2.05) is 6.92 Å². The van der Waals surface area contributed by atoms with E-state index < -0.39 is 33.6 Å². The van der Waals surface area contributed by atoms with E-state index in [2.05, 4.69) is 15.9 Å². The number of ether oxygens (including phenoxy) is 2. The number of benzene rings is 2. The van der Waals surface area contributed by atoms with E-state index in [0.29, 0.717) is 0 Å². The maximum absolute atomic E-state index is 14.1. The largest absolute Gasteiger partial charge is 0.342 e. The molecule has 0 spiro atoms. The number of alkyl halides is 1. The van der Waals surface area contributed by atoms with E-state index in [-0.39, 0.29) is 29.0 Å². The van der Waals surface area contributed by atoms with E-state index in [1.165, 1.54) is 18.2 Å². The van der Waals surface area contributed by atoms with Crippen molar-refractivity contribution in [1.29, 1.82) is 0 Å². The normalized spacial score (nSPS) is 22.9. The van der Waals surface area contributed by atoms with Crippen molar-refractivity contribution < 1.29 is 30.9 Å². The number of halogens is 3. The summed E-state index contributed by atoms with van der Waals surface area (Å²) in [6.07, 6.45) is -0.743. The van der Waals surface area contributed by atoms with Crippen molar-refractivity contribution in [2.45, 2.75) is 23.7 Å². The first-order chi connectivity index (χ1) is 12.8. The molecule has 0 amide bonds. The van der Waals surface area contributed by atoms with E-state index in [1.54, 1.807) is 12.1 Å². The smallest absolute Gasteiger partial charge is 0.297 e. The Balaban J connectivity index is 1.70. The lowest BCUT2D eigenvalue weighted by Gasteiger charge is -2.26. The lowest BCUT2D eigenvalue weighted by molar-refractivity contribution is -0.161. The summed E-state index contributed by atoms with van der Waals surface area (Å²) in [5.41, 5.74) is 0.939.